The molecule has 68 valence electrons. The van der Waals surface area contributed by atoms with Crippen molar-refractivity contribution in [1.82, 2.24) is 0 Å². The lowest BCUT2D eigenvalue weighted by atomic mass is 9.84. The van der Waals surface area contributed by atoms with Crippen LogP contribution in [0.1, 0.15) is 26.7 Å². The fourth-order valence-electron chi connectivity index (χ4n) is 1.37. The second-order valence-electron chi connectivity index (χ2n) is 3.76. The van der Waals surface area contributed by atoms with Crippen LogP contribution in [0, 0.1) is 18.3 Å². The topological polar surface area (TPSA) is 29.5 Å². The zero-order valence-electron chi connectivity index (χ0n) is 7.71. The standard InChI is InChI=1S/C10H16O2/c1-4-9-5-6-10(11,7-12-9)8(2)3/h1,8-9,11H,5-7H2,2-3H3. The van der Waals surface area contributed by atoms with Crippen molar-refractivity contribution in [3.8, 4) is 12.3 Å². The summed E-state index contributed by atoms with van der Waals surface area (Å²) in [6, 6.07) is 0. The van der Waals surface area contributed by atoms with E-state index in [1.165, 1.54) is 0 Å². The van der Waals surface area contributed by atoms with E-state index in [1.54, 1.807) is 0 Å². The molecule has 2 nitrogen and oxygen atoms in total. The molecule has 1 fully saturated rings. The Morgan fingerprint density at radius 1 is 1.67 bits per heavy atom. The average Bonchev–Trinajstić information content (AvgIpc) is 2.06. The quantitative estimate of drug-likeness (QED) is 0.596. The molecule has 2 heteroatoms. The van der Waals surface area contributed by atoms with Crippen molar-refractivity contribution >= 4 is 0 Å². The molecule has 1 saturated heterocycles. The molecule has 2 unspecified atom stereocenters. The van der Waals surface area contributed by atoms with E-state index < -0.39 is 5.60 Å². The lowest BCUT2D eigenvalue weighted by Gasteiger charge is -2.37. The Kier molecular flexibility index (Phi) is 2.76. The van der Waals surface area contributed by atoms with E-state index in [9.17, 15) is 5.11 Å². The molecule has 0 aromatic heterocycles. The molecule has 0 aliphatic carbocycles. The van der Waals surface area contributed by atoms with Gasteiger partial charge in [-0.15, -0.1) is 6.42 Å². The first kappa shape index (κ1) is 9.57. The van der Waals surface area contributed by atoms with Crippen LogP contribution in [0.25, 0.3) is 0 Å². The van der Waals surface area contributed by atoms with Crippen molar-refractivity contribution in [1.29, 1.82) is 0 Å². The summed E-state index contributed by atoms with van der Waals surface area (Å²) in [5.41, 5.74) is -0.659. The second-order valence-corrected chi connectivity index (χ2v) is 3.76. The number of terminal acetylenes is 1. The number of rotatable bonds is 1. The van der Waals surface area contributed by atoms with Gasteiger partial charge >= 0.3 is 0 Å². The van der Waals surface area contributed by atoms with Crippen LogP contribution in [0.15, 0.2) is 0 Å². The van der Waals surface area contributed by atoms with E-state index in [0.29, 0.717) is 6.61 Å². The van der Waals surface area contributed by atoms with Gasteiger partial charge in [0.25, 0.3) is 0 Å². The van der Waals surface area contributed by atoms with Crippen LogP contribution in [-0.4, -0.2) is 23.4 Å². The minimum atomic E-state index is -0.659. The molecule has 0 spiro atoms. The van der Waals surface area contributed by atoms with E-state index in [0.717, 1.165) is 12.8 Å². The number of ether oxygens (including phenoxy) is 1. The highest BCUT2D eigenvalue weighted by atomic mass is 16.5. The normalized spacial score (nSPS) is 36.4. The van der Waals surface area contributed by atoms with Crippen molar-refractivity contribution in [3.63, 3.8) is 0 Å². The van der Waals surface area contributed by atoms with E-state index in [4.69, 9.17) is 11.2 Å². The summed E-state index contributed by atoms with van der Waals surface area (Å²) >= 11 is 0. The van der Waals surface area contributed by atoms with E-state index in [1.807, 2.05) is 13.8 Å². The lowest BCUT2D eigenvalue weighted by Crippen LogP contribution is -2.45. The van der Waals surface area contributed by atoms with Gasteiger partial charge in [0.05, 0.1) is 12.2 Å². The first-order valence-corrected chi connectivity index (χ1v) is 4.38. The maximum absolute atomic E-state index is 9.97. The van der Waals surface area contributed by atoms with Crippen LogP contribution in [0.2, 0.25) is 0 Å². The summed E-state index contributed by atoms with van der Waals surface area (Å²) in [7, 11) is 0. The maximum atomic E-state index is 9.97. The average molecular weight is 168 g/mol. The highest BCUT2D eigenvalue weighted by Crippen LogP contribution is 2.29. The largest absolute Gasteiger partial charge is 0.387 e. The van der Waals surface area contributed by atoms with Crippen molar-refractivity contribution in [2.24, 2.45) is 5.92 Å². The Morgan fingerprint density at radius 2 is 2.33 bits per heavy atom. The van der Waals surface area contributed by atoms with Gasteiger partial charge in [0.2, 0.25) is 0 Å². The van der Waals surface area contributed by atoms with Gasteiger partial charge in [-0.25, -0.2) is 0 Å². The van der Waals surface area contributed by atoms with Crippen LogP contribution in [0.3, 0.4) is 0 Å². The second kappa shape index (κ2) is 3.47. The third-order valence-electron chi connectivity index (χ3n) is 2.63. The van der Waals surface area contributed by atoms with Gasteiger partial charge in [0, 0.05) is 0 Å². The summed E-state index contributed by atoms with van der Waals surface area (Å²) in [5, 5.41) is 9.97. The van der Waals surface area contributed by atoms with Crippen molar-refractivity contribution < 1.29 is 9.84 Å². The van der Waals surface area contributed by atoms with E-state index in [2.05, 4.69) is 5.92 Å². The van der Waals surface area contributed by atoms with E-state index >= 15 is 0 Å². The lowest BCUT2D eigenvalue weighted by molar-refractivity contribution is -0.127. The molecule has 0 amide bonds. The molecule has 2 atom stereocenters. The molecule has 0 saturated carbocycles. The van der Waals surface area contributed by atoms with Gasteiger partial charge in [-0.2, -0.15) is 0 Å². The minimum absolute atomic E-state index is 0.0935. The summed E-state index contributed by atoms with van der Waals surface area (Å²) in [6.07, 6.45) is 6.64. The molecule has 1 aliphatic heterocycles. The van der Waals surface area contributed by atoms with Crippen LogP contribution >= 0.6 is 0 Å². The fraction of sp³-hybridized carbons (Fsp3) is 0.800. The molecular formula is C10H16O2. The van der Waals surface area contributed by atoms with Crippen LogP contribution < -0.4 is 0 Å². The SMILES string of the molecule is C#CC1CCC(O)(C(C)C)CO1. The highest BCUT2D eigenvalue weighted by molar-refractivity contribution is 4.99. The molecule has 0 aromatic rings. The van der Waals surface area contributed by atoms with Crippen molar-refractivity contribution in [2.45, 2.75) is 38.4 Å². The van der Waals surface area contributed by atoms with Gasteiger partial charge in [-0.05, 0) is 18.8 Å². The van der Waals surface area contributed by atoms with Crippen LogP contribution in [-0.2, 0) is 4.74 Å². The number of aliphatic hydroxyl groups is 1. The maximum Gasteiger partial charge on any atom is 0.118 e. The molecule has 1 aliphatic rings. The molecule has 1 heterocycles. The fourth-order valence-corrected chi connectivity index (χ4v) is 1.37. The zero-order valence-corrected chi connectivity index (χ0v) is 7.71. The predicted molar refractivity (Wildman–Crippen MR) is 47.6 cm³/mol. The zero-order chi connectivity index (χ0) is 9.19. The summed E-state index contributed by atoms with van der Waals surface area (Å²) in [6.45, 7) is 4.37. The Morgan fingerprint density at radius 3 is 2.67 bits per heavy atom. The number of hydrogen-bond donors (Lipinski definition) is 1. The molecule has 12 heavy (non-hydrogen) atoms. The Labute approximate surface area is 73.9 Å². The summed E-state index contributed by atoms with van der Waals surface area (Å²) in [4.78, 5) is 0. The third kappa shape index (κ3) is 1.80. The van der Waals surface area contributed by atoms with Gasteiger partial charge in [-0.3, -0.25) is 0 Å². The van der Waals surface area contributed by atoms with Gasteiger partial charge in [-0.1, -0.05) is 19.8 Å². The minimum Gasteiger partial charge on any atom is -0.387 e. The number of hydrogen-bond acceptors (Lipinski definition) is 2. The predicted octanol–water partition coefficient (Wildman–Crippen LogP) is 1.19. The molecule has 1 rings (SSSR count). The van der Waals surface area contributed by atoms with E-state index in [-0.39, 0.29) is 12.0 Å². The highest BCUT2D eigenvalue weighted by Gasteiger charge is 2.36. The Bertz CT molecular complexity index is 183. The smallest absolute Gasteiger partial charge is 0.118 e. The molecule has 0 aromatic carbocycles. The molecule has 0 radical (unpaired) electrons. The monoisotopic (exact) mass is 168 g/mol. The summed E-state index contributed by atoms with van der Waals surface area (Å²) in [5.74, 6) is 2.78. The molecule has 1 N–H and O–H groups in total. The third-order valence-corrected chi connectivity index (χ3v) is 2.63. The van der Waals surface area contributed by atoms with Gasteiger partial charge < -0.3 is 9.84 Å². The molecular weight excluding hydrogens is 152 g/mol. The van der Waals surface area contributed by atoms with Crippen LogP contribution in [0.4, 0.5) is 0 Å². The van der Waals surface area contributed by atoms with Crippen molar-refractivity contribution in [2.75, 3.05) is 6.61 Å². The summed E-state index contributed by atoms with van der Waals surface area (Å²) < 4.78 is 5.32. The Balaban J connectivity index is 2.51. The van der Waals surface area contributed by atoms with Crippen molar-refractivity contribution in [3.05, 3.63) is 0 Å². The Hall–Kier alpha value is -0.520. The van der Waals surface area contributed by atoms with Crippen LogP contribution in [0.5, 0.6) is 0 Å². The van der Waals surface area contributed by atoms with Gasteiger partial charge in [0.15, 0.2) is 0 Å². The van der Waals surface area contributed by atoms with Gasteiger partial charge in [0.1, 0.15) is 6.10 Å². The first-order valence-electron chi connectivity index (χ1n) is 4.38. The molecule has 0 bridgehead atoms. The first-order chi connectivity index (χ1) is 5.58.